The molecule has 5 heteroatoms. The highest BCUT2D eigenvalue weighted by atomic mass is 15.2. The van der Waals surface area contributed by atoms with Crippen molar-refractivity contribution in [2.45, 2.75) is 138 Å². The molecular formula is C79H77BN4. The Kier molecular flexibility index (Phi) is 10.9. The second-order valence-electron chi connectivity index (χ2n) is 30.1. The average Bonchev–Trinajstić information content (AvgIpc) is 1.15. The lowest BCUT2D eigenvalue weighted by Gasteiger charge is -2.47. The highest BCUT2D eigenvalue weighted by Crippen LogP contribution is 2.55. The predicted octanol–water partition coefficient (Wildman–Crippen LogP) is 19.9. The third-order valence-electron chi connectivity index (χ3n) is 19.2. The zero-order valence-corrected chi connectivity index (χ0v) is 52.1. The maximum Gasteiger partial charge on any atom is 0.252 e. The van der Waals surface area contributed by atoms with Gasteiger partial charge in [0.05, 0.1) is 39.1 Å². The Morgan fingerprint density at radius 2 is 0.810 bits per heavy atom. The Balaban J connectivity index is 1.04. The van der Waals surface area contributed by atoms with Crippen LogP contribution in [-0.2, 0) is 27.1 Å². The topological polar surface area (TPSA) is 16.3 Å². The first-order chi connectivity index (χ1) is 39.7. The number of hydrogen-bond donors (Lipinski definition) is 0. The van der Waals surface area contributed by atoms with Gasteiger partial charge in [-0.3, -0.25) is 0 Å². The Morgan fingerprint density at radius 1 is 0.321 bits per heavy atom. The number of hydrogen-bond acceptors (Lipinski definition) is 2. The zero-order chi connectivity index (χ0) is 58.6. The summed E-state index contributed by atoms with van der Waals surface area (Å²) in [7, 11) is 0. The molecule has 4 nitrogen and oxygen atoms in total. The standard InChI is InChI=1S/C79H77BN4/c1-46-35-68-72-69(36-46)84-70-43-54(78(11,12)13)41-61-60-40-53(77(8,9)10)27-34-66(60)83(73(61)70)71-44-55(79(14,15)16)42-63(74(71)84)80(72)62-31-30-57(45-67(62)81(68)56-28-23-48(24-29-56)50-22-21-47-19-17-18-20-49(47)37-50)82-64-32-25-51(75(2,3)4)38-58(64)59-39-52(76(5,6)7)26-33-65(59)82/h17-45H,1-16H3. The fraction of sp³-hybridized carbons (Fsp3) is 0.266. The zero-order valence-electron chi connectivity index (χ0n) is 52.1. The molecule has 10 aromatic carbocycles. The number of nitrogens with zero attached hydrogens (tertiary/aromatic N) is 4. The Morgan fingerprint density at radius 3 is 1.39 bits per heavy atom. The van der Waals surface area contributed by atoms with E-state index in [1.807, 2.05) is 0 Å². The molecule has 0 radical (unpaired) electrons. The quantitative estimate of drug-likeness (QED) is 0.164. The fourth-order valence-corrected chi connectivity index (χ4v) is 14.4. The van der Waals surface area contributed by atoms with E-state index in [9.17, 15) is 0 Å². The predicted molar refractivity (Wildman–Crippen MR) is 364 cm³/mol. The van der Waals surface area contributed by atoms with E-state index in [2.05, 4.69) is 306 Å². The molecule has 15 rings (SSSR count). The fourth-order valence-electron chi connectivity index (χ4n) is 14.4. The van der Waals surface area contributed by atoms with Gasteiger partial charge < -0.3 is 18.9 Å². The van der Waals surface area contributed by atoms with E-state index < -0.39 is 0 Å². The lowest BCUT2D eigenvalue weighted by Crippen LogP contribution is -2.62. The van der Waals surface area contributed by atoms with Crippen LogP contribution in [0.15, 0.2) is 176 Å². The average molecular weight is 1090 g/mol. The summed E-state index contributed by atoms with van der Waals surface area (Å²) in [5, 5.41) is 7.72. The highest BCUT2D eigenvalue weighted by molar-refractivity contribution is 7.00. The summed E-state index contributed by atoms with van der Waals surface area (Å²) in [6.07, 6.45) is 0. The summed E-state index contributed by atoms with van der Waals surface area (Å²) < 4.78 is 5.20. The minimum Gasteiger partial charge on any atom is -0.311 e. The molecule has 0 spiro atoms. The lowest BCUT2D eigenvalue weighted by atomic mass is 9.33. The van der Waals surface area contributed by atoms with Crippen LogP contribution < -0.4 is 26.2 Å². The summed E-state index contributed by atoms with van der Waals surface area (Å²) in [4.78, 5) is 5.32. The molecule has 0 bridgehead atoms. The van der Waals surface area contributed by atoms with Gasteiger partial charge in [-0.15, -0.1) is 0 Å². The SMILES string of the molecule is Cc1cc2c3c(c1)N1c4c(cc(C(C)(C)C)cc4-n4c5ccc(C(C)(C)C)cc5c5cc(C(C)(C)C)cc1c54)B3c1ccc(-n3c4ccc(C(C)(C)C)cc4c4cc(C(C)(C)C)ccc43)cc1N2c1ccc(-c2ccc3ccccc3c2)cc1. The van der Waals surface area contributed by atoms with Gasteiger partial charge in [0, 0.05) is 50.0 Å². The summed E-state index contributed by atoms with van der Waals surface area (Å²) in [5.41, 5.74) is 28.8. The number of benzene rings is 10. The second kappa shape index (κ2) is 17.4. The van der Waals surface area contributed by atoms with E-state index in [4.69, 9.17) is 0 Å². The first kappa shape index (κ1) is 52.5. The number of rotatable bonds is 3. The van der Waals surface area contributed by atoms with E-state index in [-0.39, 0.29) is 33.8 Å². The van der Waals surface area contributed by atoms with Crippen LogP contribution >= 0.6 is 0 Å². The van der Waals surface area contributed by atoms with Crippen LogP contribution in [0.5, 0.6) is 0 Å². The van der Waals surface area contributed by atoms with Gasteiger partial charge in [0.15, 0.2) is 0 Å². The van der Waals surface area contributed by atoms with E-state index in [0.29, 0.717) is 0 Å². The van der Waals surface area contributed by atoms with Gasteiger partial charge in [0.1, 0.15) is 0 Å². The highest BCUT2D eigenvalue weighted by Gasteiger charge is 2.47. The number of fused-ring (bicyclic) bond motifs is 13. The van der Waals surface area contributed by atoms with Crippen LogP contribution in [-0.4, -0.2) is 15.8 Å². The molecule has 0 saturated heterocycles. The third-order valence-corrected chi connectivity index (χ3v) is 19.2. The summed E-state index contributed by atoms with van der Waals surface area (Å²) >= 11 is 0. The molecule has 416 valence electrons. The lowest BCUT2D eigenvalue weighted by molar-refractivity contribution is 0.590. The van der Waals surface area contributed by atoms with Crippen molar-refractivity contribution in [2.24, 2.45) is 0 Å². The molecule has 3 aliphatic heterocycles. The smallest absolute Gasteiger partial charge is 0.252 e. The van der Waals surface area contributed by atoms with Crippen molar-refractivity contribution < 1.29 is 0 Å². The summed E-state index contributed by atoms with van der Waals surface area (Å²) in [6, 6.07) is 69.3. The molecule has 3 aliphatic rings. The van der Waals surface area contributed by atoms with Crippen molar-refractivity contribution in [1.82, 2.24) is 9.13 Å². The monoisotopic (exact) mass is 1090 g/mol. The van der Waals surface area contributed by atoms with E-state index >= 15 is 0 Å². The normalized spacial score (nSPS) is 14.1. The first-order valence-electron chi connectivity index (χ1n) is 30.6. The molecule has 5 heterocycles. The minimum absolute atomic E-state index is 0.00292. The van der Waals surface area contributed by atoms with Crippen molar-refractivity contribution in [3.05, 3.63) is 209 Å². The number of aromatic nitrogens is 2. The van der Waals surface area contributed by atoms with Gasteiger partial charge in [0.25, 0.3) is 6.71 Å². The number of anilines is 6. The van der Waals surface area contributed by atoms with Crippen LogP contribution in [0.3, 0.4) is 0 Å². The van der Waals surface area contributed by atoms with E-state index in [1.165, 1.54) is 149 Å². The largest absolute Gasteiger partial charge is 0.311 e. The van der Waals surface area contributed by atoms with Gasteiger partial charge >= 0.3 is 0 Å². The van der Waals surface area contributed by atoms with E-state index in [1.54, 1.807) is 0 Å². The molecular weight excluding hydrogens is 1020 g/mol. The van der Waals surface area contributed by atoms with Crippen molar-refractivity contribution >= 4 is 112 Å². The second-order valence-corrected chi connectivity index (χ2v) is 30.1. The minimum atomic E-state index is -0.138. The molecule has 0 fully saturated rings. The Hall–Kier alpha value is -8.28. The van der Waals surface area contributed by atoms with Crippen molar-refractivity contribution in [1.29, 1.82) is 0 Å². The molecule has 0 aliphatic carbocycles. The molecule has 0 unspecified atom stereocenters. The van der Waals surface area contributed by atoms with Crippen LogP contribution in [0.4, 0.5) is 34.1 Å². The Bertz CT molecular complexity index is 4740. The summed E-state index contributed by atoms with van der Waals surface area (Å²) in [6.45, 7) is 37.5. The van der Waals surface area contributed by atoms with Gasteiger partial charge in [-0.25, -0.2) is 0 Å². The Labute approximate surface area is 497 Å². The maximum absolute atomic E-state index is 2.71. The van der Waals surface area contributed by atoms with Crippen molar-refractivity contribution in [2.75, 3.05) is 9.80 Å². The molecule has 0 saturated carbocycles. The third kappa shape index (κ3) is 7.79. The van der Waals surface area contributed by atoms with Crippen molar-refractivity contribution in [3.8, 4) is 22.5 Å². The van der Waals surface area contributed by atoms with Crippen molar-refractivity contribution in [3.63, 3.8) is 0 Å². The molecule has 2 aromatic heterocycles. The van der Waals surface area contributed by atoms with Crippen LogP contribution in [0.1, 0.15) is 137 Å². The molecule has 84 heavy (non-hydrogen) atoms. The molecule has 0 N–H and O–H groups in total. The van der Waals surface area contributed by atoms with E-state index in [0.717, 1.165) is 11.4 Å². The molecule has 0 atom stereocenters. The van der Waals surface area contributed by atoms with Gasteiger partial charge in [-0.05, 0) is 203 Å². The summed E-state index contributed by atoms with van der Waals surface area (Å²) in [5.74, 6) is 0. The van der Waals surface area contributed by atoms with Crippen LogP contribution in [0.2, 0.25) is 0 Å². The van der Waals surface area contributed by atoms with Crippen LogP contribution in [0, 0.1) is 6.92 Å². The molecule has 12 aromatic rings. The maximum atomic E-state index is 2.71. The van der Waals surface area contributed by atoms with Gasteiger partial charge in [-0.1, -0.05) is 183 Å². The first-order valence-corrected chi connectivity index (χ1v) is 30.6. The van der Waals surface area contributed by atoms with Crippen LogP contribution in [0.25, 0.3) is 76.9 Å². The number of aryl methyl sites for hydroxylation is 1. The van der Waals surface area contributed by atoms with Gasteiger partial charge in [-0.2, -0.15) is 0 Å². The van der Waals surface area contributed by atoms with Gasteiger partial charge in [0.2, 0.25) is 0 Å². The molecule has 0 amide bonds.